The van der Waals surface area contributed by atoms with Crippen LogP contribution in [0.2, 0.25) is 0 Å². The van der Waals surface area contributed by atoms with Gasteiger partial charge in [0.05, 0.1) is 0 Å². The summed E-state index contributed by atoms with van der Waals surface area (Å²) >= 11 is 4.72. The summed E-state index contributed by atoms with van der Waals surface area (Å²) in [5.41, 5.74) is 13.3. The molecule has 1 aliphatic carbocycles. The lowest BCUT2D eigenvalue weighted by atomic mass is 9.90. The van der Waals surface area contributed by atoms with Gasteiger partial charge in [-0.2, -0.15) is 5.10 Å². The van der Waals surface area contributed by atoms with Crippen molar-refractivity contribution in [2.24, 2.45) is 16.8 Å². The number of hydrogen-bond donors (Lipinski definition) is 2. The number of nitrogens with zero attached hydrogens (tertiary/aromatic N) is 1. The highest BCUT2D eigenvalue weighted by atomic mass is 32.1. The maximum absolute atomic E-state index is 5.34. The second kappa shape index (κ2) is 6.69. The van der Waals surface area contributed by atoms with Gasteiger partial charge in [-0.15, -0.1) is 0 Å². The van der Waals surface area contributed by atoms with Gasteiger partial charge < -0.3 is 5.73 Å². The number of thiocarbonyl (C=S) groups is 1. The van der Waals surface area contributed by atoms with Crippen molar-refractivity contribution in [3.8, 4) is 0 Å². The van der Waals surface area contributed by atoms with Crippen LogP contribution in [0.25, 0.3) is 0 Å². The average Bonchev–Trinajstić information content (AvgIpc) is 2.65. The highest BCUT2D eigenvalue weighted by Crippen LogP contribution is 2.38. The molecule has 100 valence electrons. The Kier molecular flexibility index (Phi) is 5.54. The zero-order chi connectivity index (χ0) is 13.7. The van der Waals surface area contributed by atoms with E-state index in [2.05, 4.69) is 31.0 Å². The molecule has 0 amide bonds. The predicted molar refractivity (Wildman–Crippen MR) is 82.5 cm³/mol. The summed E-state index contributed by atoms with van der Waals surface area (Å²) in [5.74, 6) is 0.571. The van der Waals surface area contributed by atoms with Crippen LogP contribution in [0.5, 0.6) is 0 Å². The van der Waals surface area contributed by atoms with E-state index < -0.39 is 0 Å². The van der Waals surface area contributed by atoms with E-state index in [0.717, 1.165) is 18.6 Å². The van der Waals surface area contributed by atoms with E-state index in [4.69, 9.17) is 18.0 Å². The molecule has 3 N–H and O–H groups in total. The maximum atomic E-state index is 5.34. The lowest BCUT2D eigenvalue weighted by Crippen LogP contribution is -2.25. The predicted octanol–water partition coefficient (Wildman–Crippen LogP) is 3.28. The molecule has 0 saturated heterocycles. The summed E-state index contributed by atoms with van der Waals surface area (Å²) in [5, 5.41) is 4.35. The molecular weight excluding hydrogens is 242 g/mol. The Balaban J connectivity index is 2.57. The van der Waals surface area contributed by atoms with Crippen LogP contribution >= 0.6 is 12.2 Å². The first-order valence-electron chi connectivity index (χ1n) is 6.34. The van der Waals surface area contributed by atoms with Gasteiger partial charge in [-0.05, 0) is 58.7 Å². The molecular formula is C14H23N3S. The Labute approximate surface area is 115 Å². The average molecular weight is 265 g/mol. The van der Waals surface area contributed by atoms with E-state index in [1.807, 2.05) is 6.92 Å². The van der Waals surface area contributed by atoms with Crippen LogP contribution in [-0.4, -0.2) is 10.8 Å². The van der Waals surface area contributed by atoms with Gasteiger partial charge in [-0.3, -0.25) is 5.43 Å². The second-order valence-electron chi connectivity index (χ2n) is 5.07. The van der Waals surface area contributed by atoms with Crippen LogP contribution in [-0.2, 0) is 0 Å². The van der Waals surface area contributed by atoms with Crippen molar-refractivity contribution in [3.63, 3.8) is 0 Å². The molecule has 0 radical (unpaired) electrons. The molecule has 1 rings (SSSR count). The number of rotatable bonds is 5. The summed E-state index contributed by atoms with van der Waals surface area (Å²) in [6, 6.07) is 0. The summed E-state index contributed by atoms with van der Waals surface area (Å²) in [7, 11) is 0. The number of hydrazone groups is 1. The summed E-state index contributed by atoms with van der Waals surface area (Å²) < 4.78 is 0. The number of allylic oxidation sites excluding steroid dienone is 3. The Hall–Kier alpha value is -1.16. The third-order valence-corrected chi connectivity index (χ3v) is 3.58. The quantitative estimate of drug-likeness (QED) is 0.347. The van der Waals surface area contributed by atoms with Crippen molar-refractivity contribution in [2.75, 3.05) is 0 Å². The van der Waals surface area contributed by atoms with Gasteiger partial charge in [0.1, 0.15) is 0 Å². The lowest BCUT2D eigenvalue weighted by molar-refractivity contribution is 0.675. The van der Waals surface area contributed by atoms with Gasteiger partial charge in [-0.1, -0.05) is 23.3 Å². The molecule has 3 nitrogen and oxygen atoms in total. The van der Waals surface area contributed by atoms with Crippen LogP contribution in [0.4, 0.5) is 0 Å². The molecule has 18 heavy (non-hydrogen) atoms. The summed E-state index contributed by atoms with van der Waals surface area (Å²) in [6.45, 7) is 10.4. The molecule has 0 aromatic rings. The molecule has 0 aromatic carbocycles. The largest absolute Gasteiger partial charge is 0.375 e. The molecule has 0 heterocycles. The minimum atomic E-state index is 0.213. The second-order valence-corrected chi connectivity index (χ2v) is 5.51. The zero-order valence-corrected chi connectivity index (χ0v) is 12.4. The van der Waals surface area contributed by atoms with Crippen LogP contribution in [0, 0.1) is 5.92 Å². The molecule has 4 heteroatoms. The van der Waals surface area contributed by atoms with E-state index in [0.29, 0.717) is 5.92 Å². The molecule has 1 aliphatic rings. The first-order chi connectivity index (χ1) is 8.41. The SMILES string of the molecule is C=C(C)C1CCC(C)=C1CC/C(C)=N/NC(N)=S. The topological polar surface area (TPSA) is 50.4 Å². The smallest absolute Gasteiger partial charge is 0.184 e. The summed E-state index contributed by atoms with van der Waals surface area (Å²) in [4.78, 5) is 0. The fraction of sp³-hybridized carbons (Fsp3) is 0.571. The van der Waals surface area contributed by atoms with E-state index in [1.54, 1.807) is 5.57 Å². The van der Waals surface area contributed by atoms with E-state index >= 15 is 0 Å². The van der Waals surface area contributed by atoms with Gasteiger partial charge >= 0.3 is 0 Å². The van der Waals surface area contributed by atoms with Gasteiger partial charge in [0, 0.05) is 11.6 Å². The van der Waals surface area contributed by atoms with Gasteiger partial charge in [0.25, 0.3) is 0 Å². The molecule has 0 aliphatic heterocycles. The summed E-state index contributed by atoms with van der Waals surface area (Å²) in [6.07, 6.45) is 4.41. The molecule has 1 atom stereocenters. The lowest BCUT2D eigenvalue weighted by Gasteiger charge is -2.15. The number of hydrogen-bond acceptors (Lipinski definition) is 2. The maximum Gasteiger partial charge on any atom is 0.184 e. The van der Waals surface area contributed by atoms with Crippen molar-refractivity contribution < 1.29 is 0 Å². The minimum Gasteiger partial charge on any atom is -0.375 e. The number of nitrogens with two attached hydrogens (primary N) is 1. The molecule has 0 spiro atoms. The van der Waals surface area contributed by atoms with Crippen LogP contribution < -0.4 is 11.2 Å². The fourth-order valence-corrected chi connectivity index (χ4v) is 2.49. The van der Waals surface area contributed by atoms with Crippen molar-refractivity contribution in [1.82, 2.24) is 5.43 Å². The minimum absolute atomic E-state index is 0.213. The monoisotopic (exact) mass is 265 g/mol. The van der Waals surface area contributed by atoms with Gasteiger partial charge in [0.15, 0.2) is 5.11 Å². The first kappa shape index (κ1) is 14.9. The fourth-order valence-electron chi connectivity index (χ4n) is 2.45. The van der Waals surface area contributed by atoms with Gasteiger partial charge in [0.2, 0.25) is 0 Å². The molecule has 0 fully saturated rings. The van der Waals surface area contributed by atoms with E-state index in [1.165, 1.54) is 24.0 Å². The molecule has 0 aromatic heterocycles. The molecule has 0 saturated carbocycles. The number of nitrogens with one attached hydrogen (secondary N) is 1. The Morgan fingerprint density at radius 1 is 1.56 bits per heavy atom. The third-order valence-electron chi connectivity index (χ3n) is 3.48. The van der Waals surface area contributed by atoms with Crippen molar-refractivity contribution >= 4 is 23.0 Å². The Morgan fingerprint density at radius 2 is 2.22 bits per heavy atom. The Morgan fingerprint density at radius 3 is 2.78 bits per heavy atom. The highest BCUT2D eigenvalue weighted by Gasteiger charge is 2.23. The molecule has 0 bridgehead atoms. The molecule has 1 unspecified atom stereocenters. The van der Waals surface area contributed by atoms with Crippen LogP contribution in [0.15, 0.2) is 28.4 Å². The van der Waals surface area contributed by atoms with Gasteiger partial charge in [-0.25, -0.2) is 0 Å². The Bertz CT molecular complexity index is 407. The zero-order valence-electron chi connectivity index (χ0n) is 11.5. The third kappa shape index (κ3) is 4.26. The van der Waals surface area contributed by atoms with Crippen molar-refractivity contribution in [3.05, 3.63) is 23.3 Å². The normalized spacial score (nSPS) is 20.2. The standard InChI is InChI=1S/C14H23N3S/c1-9(2)12-7-5-10(3)13(12)8-6-11(4)16-17-14(15)18/h12H,1,5-8H2,2-4H3,(H3,15,17,18)/b16-11+. The van der Waals surface area contributed by atoms with Crippen LogP contribution in [0.1, 0.15) is 46.5 Å². The van der Waals surface area contributed by atoms with Crippen molar-refractivity contribution in [2.45, 2.75) is 46.5 Å². The van der Waals surface area contributed by atoms with E-state index in [-0.39, 0.29) is 5.11 Å². The van der Waals surface area contributed by atoms with Crippen LogP contribution in [0.3, 0.4) is 0 Å². The van der Waals surface area contributed by atoms with Crippen molar-refractivity contribution in [1.29, 1.82) is 0 Å². The van der Waals surface area contributed by atoms with E-state index in [9.17, 15) is 0 Å². The first-order valence-corrected chi connectivity index (χ1v) is 6.75. The highest BCUT2D eigenvalue weighted by molar-refractivity contribution is 7.80.